The quantitative estimate of drug-likeness (QED) is 0.806. The number of carbonyl (C=O) groups is 1. The number of piperidine rings is 1. The van der Waals surface area contributed by atoms with E-state index in [-0.39, 0.29) is 5.82 Å². The predicted molar refractivity (Wildman–Crippen MR) is 102 cm³/mol. The van der Waals surface area contributed by atoms with E-state index in [2.05, 4.69) is 16.8 Å². The standard InChI is InChI=1S/C21H32FN3O/c1-23-12-3-2-5-20(23)10-11-21(26)25-14-4-13-24(15-16-25)17-18-6-8-19(22)9-7-18/h6-9,20H,2-5,10-17H2,1H3/t20-/m1/s1. The van der Waals surface area contributed by atoms with Crippen molar-refractivity contribution in [2.45, 2.75) is 51.1 Å². The van der Waals surface area contributed by atoms with Crippen LogP contribution in [0.25, 0.3) is 0 Å². The first kappa shape index (κ1) is 19.3. The lowest BCUT2D eigenvalue weighted by Gasteiger charge is -2.32. The molecule has 2 fully saturated rings. The van der Waals surface area contributed by atoms with Gasteiger partial charge in [0, 0.05) is 45.2 Å². The van der Waals surface area contributed by atoms with Crippen LogP contribution in [0.3, 0.4) is 0 Å². The molecule has 5 heteroatoms. The molecule has 0 aromatic heterocycles. The van der Waals surface area contributed by atoms with Gasteiger partial charge < -0.3 is 9.80 Å². The number of benzene rings is 1. The Labute approximate surface area is 157 Å². The Hall–Kier alpha value is -1.46. The van der Waals surface area contributed by atoms with Gasteiger partial charge in [0.05, 0.1) is 0 Å². The monoisotopic (exact) mass is 361 g/mol. The van der Waals surface area contributed by atoms with Gasteiger partial charge in [0.15, 0.2) is 0 Å². The molecule has 2 aliphatic heterocycles. The van der Waals surface area contributed by atoms with Gasteiger partial charge in [-0.05, 0) is 57.0 Å². The number of halogens is 1. The maximum atomic E-state index is 13.0. The van der Waals surface area contributed by atoms with Crippen LogP contribution < -0.4 is 0 Å². The van der Waals surface area contributed by atoms with E-state index in [1.807, 2.05) is 17.0 Å². The van der Waals surface area contributed by atoms with E-state index in [0.29, 0.717) is 18.4 Å². The zero-order chi connectivity index (χ0) is 18.4. The molecule has 26 heavy (non-hydrogen) atoms. The first-order chi connectivity index (χ1) is 12.6. The van der Waals surface area contributed by atoms with Crippen molar-refractivity contribution in [1.82, 2.24) is 14.7 Å². The van der Waals surface area contributed by atoms with Crippen LogP contribution >= 0.6 is 0 Å². The molecule has 0 aliphatic carbocycles. The summed E-state index contributed by atoms with van der Waals surface area (Å²) in [5.41, 5.74) is 1.13. The molecule has 144 valence electrons. The normalized spacial score (nSPS) is 23.0. The van der Waals surface area contributed by atoms with E-state index in [0.717, 1.165) is 51.1 Å². The van der Waals surface area contributed by atoms with E-state index in [9.17, 15) is 9.18 Å². The Morgan fingerprint density at radius 3 is 2.62 bits per heavy atom. The summed E-state index contributed by atoms with van der Waals surface area (Å²) in [6.45, 7) is 5.55. The summed E-state index contributed by atoms with van der Waals surface area (Å²) < 4.78 is 13.0. The number of amides is 1. The minimum Gasteiger partial charge on any atom is -0.341 e. The van der Waals surface area contributed by atoms with Crippen molar-refractivity contribution >= 4 is 5.91 Å². The van der Waals surface area contributed by atoms with Crippen LogP contribution in [0.2, 0.25) is 0 Å². The number of rotatable bonds is 5. The second-order valence-corrected chi connectivity index (χ2v) is 7.81. The molecular formula is C21H32FN3O. The maximum absolute atomic E-state index is 13.0. The summed E-state index contributed by atoms with van der Waals surface area (Å²) in [4.78, 5) is 19.5. The fraction of sp³-hybridized carbons (Fsp3) is 0.667. The lowest BCUT2D eigenvalue weighted by atomic mass is 9.98. The lowest BCUT2D eigenvalue weighted by molar-refractivity contribution is -0.131. The van der Waals surface area contributed by atoms with Gasteiger partial charge in [0.25, 0.3) is 0 Å². The highest BCUT2D eigenvalue weighted by molar-refractivity contribution is 5.76. The first-order valence-electron chi connectivity index (χ1n) is 10.1. The Bertz CT molecular complexity index is 577. The molecule has 2 heterocycles. The number of likely N-dealkylation sites (tertiary alicyclic amines) is 1. The molecule has 0 N–H and O–H groups in total. The summed E-state index contributed by atoms with van der Waals surface area (Å²) in [5, 5.41) is 0. The molecule has 0 radical (unpaired) electrons. The molecule has 1 atom stereocenters. The Morgan fingerprint density at radius 1 is 1.04 bits per heavy atom. The third-order valence-corrected chi connectivity index (χ3v) is 5.87. The number of nitrogens with zero attached hydrogens (tertiary/aromatic N) is 3. The second kappa shape index (κ2) is 9.47. The van der Waals surface area contributed by atoms with Crippen molar-refractivity contribution in [3.05, 3.63) is 35.6 Å². The molecule has 1 amide bonds. The number of carbonyl (C=O) groups excluding carboxylic acids is 1. The summed E-state index contributed by atoms with van der Waals surface area (Å²) >= 11 is 0. The average Bonchev–Trinajstić information content (AvgIpc) is 2.88. The van der Waals surface area contributed by atoms with Crippen LogP contribution in [0.15, 0.2) is 24.3 Å². The van der Waals surface area contributed by atoms with Crippen LogP contribution in [0, 0.1) is 5.82 Å². The minimum atomic E-state index is -0.190. The van der Waals surface area contributed by atoms with Crippen LogP contribution in [-0.2, 0) is 11.3 Å². The summed E-state index contributed by atoms with van der Waals surface area (Å²) in [6.07, 6.45) is 6.49. The molecule has 4 nitrogen and oxygen atoms in total. The molecular weight excluding hydrogens is 329 g/mol. The Balaban J connectivity index is 1.43. The highest BCUT2D eigenvalue weighted by Gasteiger charge is 2.23. The molecule has 3 rings (SSSR count). The van der Waals surface area contributed by atoms with Gasteiger partial charge in [-0.1, -0.05) is 18.6 Å². The Kier molecular flexibility index (Phi) is 7.03. The molecule has 0 bridgehead atoms. The van der Waals surface area contributed by atoms with E-state index in [4.69, 9.17) is 0 Å². The van der Waals surface area contributed by atoms with Gasteiger partial charge in [0.1, 0.15) is 5.82 Å². The highest BCUT2D eigenvalue weighted by Crippen LogP contribution is 2.20. The average molecular weight is 362 g/mol. The molecule has 1 aromatic carbocycles. The van der Waals surface area contributed by atoms with Crippen molar-refractivity contribution in [3.8, 4) is 0 Å². The fourth-order valence-electron chi connectivity index (χ4n) is 4.18. The first-order valence-corrected chi connectivity index (χ1v) is 10.1. The second-order valence-electron chi connectivity index (χ2n) is 7.81. The van der Waals surface area contributed by atoms with Crippen molar-refractivity contribution in [2.24, 2.45) is 0 Å². The number of hydrogen-bond acceptors (Lipinski definition) is 3. The SMILES string of the molecule is CN1CCCC[C@@H]1CCC(=O)N1CCCN(Cc2ccc(F)cc2)CC1. The Morgan fingerprint density at radius 2 is 1.85 bits per heavy atom. The van der Waals surface area contributed by atoms with E-state index >= 15 is 0 Å². The van der Waals surface area contributed by atoms with Gasteiger partial charge >= 0.3 is 0 Å². The zero-order valence-electron chi connectivity index (χ0n) is 16.0. The largest absolute Gasteiger partial charge is 0.341 e. The van der Waals surface area contributed by atoms with Crippen LogP contribution in [0.4, 0.5) is 4.39 Å². The maximum Gasteiger partial charge on any atom is 0.222 e. The van der Waals surface area contributed by atoms with E-state index in [1.54, 1.807) is 0 Å². The molecule has 2 aliphatic rings. The minimum absolute atomic E-state index is 0.190. The lowest BCUT2D eigenvalue weighted by Crippen LogP contribution is -2.39. The third-order valence-electron chi connectivity index (χ3n) is 5.87. The smallest absolute Gasteiger partial charge is 0.222 e. The highest BCUT2D eigenvalue weighted by atomic mass is 19.1. The van der Waals surface area contributed by atoms with Crippen molar-refractivity contribution in [2.75, 3.05) is 39.8 Å². The van der Waals surface area contributed by atoms with Crippen molar-refractivity contribution < 1.29 is 9.18 Å². The molecule has 0 unspecified atom stereocenters. The van der Waals surface area contributed by atoms with E-state index in [1.165, 1.54) is 37.9 Å². The fourth-order valence-corrected chi connectivity index (χ4v) is 4.18. The molecule has 1 aromatic rings. The summed E-state index contributed by atoms with van der Waals surface area (Å²) in [5.74, 6) is 0.123. The number of hydrogen-bond donors (Lipinski definition) is 0. The van der Waals surface area contributed by atoms with Gasteiger partial charge in [-0.15, -0.1) is 0 Å². The van der Waals surface area contributed by atoms with Crippen LogP contribution in [0.1, 0.15) is 44.1 Å². The van der Waals surface area contributed by atoms with Gasteiger partial charge in [-0.3, -0.25) is 9.69 Å². The zero-order valence-corrected chi connectivity index (χ0v) is 16.0. The van der Waals surface area contributed by atoms with E-state index < -0.39 is 0 Å². The molecule has 2 saturated heterocycles. The predicted octanol–water partition coefficient (Wildman–Crippen LogP) is 3.12. The van der Waals surface area contributed by atoms with Crippen LogP contribution in [-0.4, -0.2) is 66.4 Å². The van der Waals surface area contributed by atoms with Gasteiger partial charge in [0.2, 0.25) is 5.91 Å². The van der Waals surface area contributed by atoms with Gasteiger partial charge in [-0.2, -0.15) is 0 Å². The summed E-state index contributed by atoms with van der Waals surface area (Å²) in [7, 11) is 2.19. The third kappa shape index (κ3) is 5.52. The topological polar surface area (TPSA) is 26.8 Å². The van der Waals surface area contributed by atoms with Crippen molar-refractivity contribution in [1.29, 1.82) is 0 Å². The van der Waals surface area contributed by atoms with Gasteiger partial charge in [-0.25, -0.2) is 4.39 Å². The summed E-state index contributed by atoms with van der Waals surface area (Å²) in [6, 6.07) is 7.32. The van der Waals surface area contributed by atoms with Crippen molar-refractivity contribution in [3.63, 3.8) is 0 Å². The molecule has 0 saturated carbocycles. The molecule has 0 spiro atoms. The van der Waals surface area contributed by atoms with Crippen LogP contribution in [0.5, 0.6) is 0 Å².